The van der Waals surface area contributed by atoms with E-state index in [-0.39, 0.29) is 18.0 Å². The van der Waals surface area contributed by atoms with Crippen LogP contribution in [0, 0.1) is 0 Å². The summed E-state index contributed by atoms with van der Waals surface area (Å²) >= 11 is 0. The van der Waals surface area contributed by atoms with E-state index in [1.165, 1.54) is 0 Å². The molecule has 1 aromatic rings. The molecule has 0 saturated heterocycles. The van der Waals surface area contributed by atoms with Crippen LogP contribution in [0.4, 0.5) is 0 Å². The van der Waals surface area contributed by atoms with Gasteiger partial charge in [-0.2, -0.15) is 0 Å². The van der Waals surface area contributed by atoms with E-state index in [0.29, 0.717) is 5.56 Å². The second kappa shape index (κ2) is 3.40. The van der Waals surface area contributed by atoms with Gasteiger partial charge in [0.15, 0.2) is 0 Å². The molecular weight excluding hydrogens is 178 g/mol. The second-order valence-electron chi connectivity index (χ2n) is 3.58. The number of cyclic esters (lactones) is 1. The SMILES string of the molecule is CC[C@@H]1OC(=O)c2cccnc2[C@H]1C. The minimum atomic E-state index is -0.238. The molecule has 14 heavy (non-hydrogen) atoms. The van der Waals surface area contributed by atoms with Crippen LogP contribution in [0.15, 0.2) is 18.3 Å². The summed E-state index contributed by atoms with van der Waals surface area (Å²) in [4.78, 5) is 15.8. The van der Waals surface area contributed by atoms with Crippen molar-refractivity contribution in [3.63, 3.8) is 0 Å². The molecule has 2 rings (SSSR count). The van der Waals surface area contributed by atoms with Crippen LogP contribution in [0.25, 0.3) is 0 Å². The van der Waals surface area contributed by atoms with Crippen molar-refractivity contribution in [2.45, 2.75) is 32.3 Å². The maximum absolute atomic E-state index is 11.5. The maximum atomic E-state index is 11.5. The van der Waals surface area contributed by atoms with Crippen molar-refractivity contribution in [1.29, 1.82) is 0 Å². The fourth-order valence-corrected chi connectivity index (χ4v) is 1.87. The van der Waals surface area contributed by atoms with E-state index in [4.69, 9.17) is 4.74 Å². The highest BCUT2D eigenvalue weighted by molar-refractivity contribution is 5.91. The fraction of sp³-hybridized carbons (Fsp3) is 0.455. The smallest absolute Gasteiger partial charge is 0.340 e. The Labute approximate surface area is 83.1 Å². The Kier molecular flexibility index (Phi) is 2.23. The molecule has 3 heteroatoms. The molecule has 0 amide bonds. The van der Waals surface area contributed by atoms with E-state index < -0.39 is 0 Å². The number of hydrogen-bond donors (Lipinski definition) is 0. The van der Waals surface area contributed by atoms with Gasteiger partial charge in [0.05, 0.1) is 11.3 Å². The molecule has 2 atom stereocenters. The van der Waals surface area contributed by atoms with E-state index in [1.807, 2.05) is 13.8 Å². The number of ether oxygens (including phenoxy) is 1. The summed E-state index contributed by atoms with van der Waals surface area (Å²) < 4.78 is 5.30. The van der Waals surface area contributed by atoms with Crippen LogP contribution < -0.4 is 0 Å². The van der Waals surface area contributed by atoms with E-state index in [9.17, 15) is 4.79 Å². The Morgan fingerprint density at radius 3 is 3.07 bits per heavy atom. The number of carbonyl (C=O) groups excluding carboxylic acids is 1. The first kappa shape index (κ1) is 9.19. The molecule has 1 aliphatic heterocycles. The van der Waals surface area contributed by atoms with Gasteiger partial charge in [-0.05, 0) is 18.6 Å². The van der Waals surface area contributed by atoms with Gasteiger partial charge in [-0.3, -0.25) is 4.98 Å². The molecule has 0 aromatic carbocycles. The lowest BCUT2D eigenvalue weighted by Crippen LogP contribution is -2.31. The van der Waals surface area contributed by atoms with Crippen molar-refractivity contribution in [2.24, 2.45) is 0 Å². The Bertz CT molecular complexity index is 362. The Balaban J connectivity index is 2.46. The summed E-state index contributed by atoms with van der Waals surface area (Å²) in [7, 11) is 0. The van der Waals surface area contributed by atoms with E-state index >= 15 is 0 Å². The normalized spacial score (nSPS) is 25.4. The predicted molar refractivity (Wildman–Crippen MR) is 52.1 cm³/mol. The van der Waals surface area contributed by atoms with Crippen LogP contribution in [-0.4, -0.2) is 17.1 Å². The summed E-state index contributed by atoms with van der Waals surface area (Å²) in [5, 5.41) is 0. The molecule has 74 valence electrons. The molecule has 0 fully saturated rings. The molecule has 0 saturated carbocycles. The van der Waals surface area contributed by atoms with Gasteiger partial charge in [-0.15, -0.1) is 0 Å². The molecule has 0 bridgehead atoms. The molecule has 0 spiro atoms. The van der Waals surface area contributed by atoms with Gasteiger partial charge < -0.3 is 4.74 Å². The molecule has 0 unspecified atom stereocenters. The lowest BCUT2D eigenvalue weighted by Gasteiger charge is -2.28. The number of carbonyl (C=O) groups is 1. The lowest BCUT2D eigenvalue weighted by atomic mass is 9.92. The highest BCUT2D eigenvalue weighted by Crippen LogP contribution is 2.30. The average molecular weight is 191 g/mol. The summed E-state index contributed by atoms with van der Waals surface area (Å²) in [6.45, 7) is 4.06. The Hall–Kier alpha value is -1.38. The standard InChI is InChI=1S/C11H13NO2/c1-3-9-7(2)10-8(11(13)14-9)5-4-6-12-10/h4-7,9H,3H2,1-2H3/t7-,9-/m0/s1. The molecule has 3 nitrogen and oxygen atoms in total. The van der Waals surface area contributed by atoms with Gasteiger partial charge >= 0.3 is 5.97 Å². The first-order valence-electron chi connectivity index (χ1n) is 4.90. The zero-order valence-corrected chi connectivity index (χ0v) is 8.36. The number of hydrogen-bond acceptors (Lipinski definition) is 3. The number of rotatable bonds is 1. The summed E-state index contributed by atoms with van der Waals surface area (Å²) in [6.07, 6.45) is 2.54. The quantitative estimate of drug-likeness (QED) is 0.638. The monoisotopic (exact) mass is 191 g/mol. The first-order chi connectivity index (χ1) is 6.74. The zero-order valence-electron chi connectivity index (χ0n) is 8.36. The molecule has 0 N–H and O–H groups in total. The largest absolute Gasteiger partial charge is 0.458 e. The van der Waals surface area contributed by atoms with Gasteiger partial charge in [0.25, 0.3) is 0 Å². The van der Waals surface area contributed by atoms with Gasteiger partial charge in [0.1, 0.15) is 6.10 Å². The molecule has 1 aliphatic rings. The lowest BCUT2D eigenvalue weighted by molar-refractivity contribution is 0.0174. The predicted octanol–water partition coefficient (Wildman–Crippen LogP) is 2.13. The summed E-state index contributed by atoms with van der Waals surface area (Å²) in [5.74, 6) is -0.0352. The van der Waals surface area contributed by atoms with Crippen molar-refractivity contribution in [3.8, 4) is 0 Å². The summed E-state index contributed by atoms with van der Waals surface area (Å²) in [6, 6.07) is 3.53. The van der Waals surface area contributed by atoms with Gasteiger partial charge in [0, 0.05) is 12.1 Å². The van der Waals surface area contributed by atoms with Crippen molar-refractivity contribution >= 4 is 5.97 Å². The van der Waals surface area contributed by atoms with Crippen molar-refractivity contribution in [1.82, 2.24) is 4.98 Å². The number of esters is 1. The zero-order chi connectivity index (χ0) is 10.1. The minimum absolute atomic E-state index is 0.0232. The molecule has 2 heterocycles. The second-order valence-corrected chi connectivity index (χ2v) is 3.58. The van der Waals surface area contributed by atoms with Crippen molar-refractivity contribution < 1.29 is 9.53 Å². The Morgan fingerprint density at radius 2 is 2.36 bits per heavy atom. The van der Waals surface area contributed by atoms with Crippen molar-refractivity contribution in [3.05, 3.63) is 29.6 Å². The third-order valence-corrected chi connectivity index (χ3v) is 2.71. The van der Waals surface area contributed by atoms with Gasteiger partial charge in [-0.25, -0.2) is 4.79 Å². The van der Waals surface area contributed by atoms with Crippen LogP contribution >= 0.6 is 0 Å². The molecule has 0 radical (unpaired) electrons. The molecular formula is C11H13NO2. The van der Waals surface area contributed by atoms with Gasteiger partial charge in [-0.1, -0.05) is 13.8 Å². The first-order valence-corrected chi connectivity index (χ1v) is 4.90. The van der Waals surface area contributed by atoms with Crippen LogP contribution in [0.1, 0.15) is 42.2 Å². The highest BCUT2D eigenvalue weighted by atomic mass is 16.5. The van der Waals surface area contributed by atoms with E-state index in [1.54, 1.807) is 18.3 Å². The number of aromatic nitrogens is 1. The van der Waals surface area contributed by atoms with Crippen molar-refractivity contribution in [2.75, 3.05) is 0 Å². The molecule has 1 aromatic heterocycles. The average Bonchev–Trinajstić information content (AvgIpc) is 2.23. The number of nitrogens with zero attached hydrogens (tertiary/aromatic N) is 1. The fourth-order valence-electron chi connectivity index (χ4n) is 1.87. The summed E-state index contributed by atoms with van der Waals surface area (Å²) in [5.41, 5.74) is 1.49. The van der Waals surface area contributed by atoms with Crippen LogP contribution in [0.3, 0.4) is 0 Å². The minimum Gasteiger partial charge on any atom is -0.458 e. The van der Waals surface area contributed by atoms with E-state index in [0.717, 1.165) is 12.1 Å². The van der Waals surface area contributed by atoms with Gasteiger partial charge in [0.2, 0.25) is 0 Å². The molecule has 0 aliphatic carbocycles. The number of pyridine rings is 1. The van der Waals surface area contributed by atoms with Crippen LogP contribution in [0.5, 0.6) is 0 Å². The van der Waals surface area contributed by atoms with Crippen LogP contribution in [-0.2, 0) is 4.74 Å². The third kappa shape index (κ3) is 1.29. The topological polar surface area (TPSA) is 39.2 Å². The third-order valence-electron chi connectivity index (χ3n) is 2.71. The maximum Gasteiger partial charge on any atom is 0.340 e. The van der Waals surface area contributed by atoms with E-state index in [2.05, 4.69) is 4.98 Å². The Morgan fingerprint density at radius 1 is 1.57 bits per heavy atom. The highest BCUT2D eigenvalue weighted by Gasteiger charge is 2.32. The number of fused-ring (bicyclic) bond motifs is 1. The van der Waals surface area contributed by atoms with Crippen LogP contribution in [0.2, 0.25) is 0 Å².